The van der Waals surface area contributed by atoms with Crippen LogP contribution in [0.4, 0.5) is 0 Å². The van der Waals surface area contributed by atoms with Crippen LogP contribution in [-0.4, -0.2) is 43.2 Å². The standard InChI is InChI=1S/C20H32N2O3.ClH/c1-4-6-13-25-18-8-7-17(14-19(18)24-5-2)20(23)22-11-9-16(10-12-22)15(3)21;/h7-8,14-16H,4-6,9-13,21H2,1-3H3;1H. The number of likely N-dealkylation sites (tertiary alicyclic amines) is 1. The minimum Gasteiger partial charge on any atom is -0.490 e. The molecule has 0 bridgehead atoms. The Labute approximate surface area is 163 Å². The van der Waals surface area contributed by atoms with Gasteiger partial charge in [0, 0.05) is 24.7 Å². The Morgan fingerprint density at radius 3 is 2.50 bits per heavy atom. The highest BCUT2D eigenvalue weighted by atomic mass is 35.5. The lowest BCUT2D eigenvalue weighted by molar-refractivity contribution is 0.0680. The highest BCUT2D eigenvalue weighted by Gasteiger charge is 2.26. The van der Waals surface area contributed by atoms with Crippen molar-refractivity contribution in [2.45, 2.75) is 52.5 Å². The maximum absolute atomic E-state index is 12.8. The fourth-order valence-electron chi connectivity index (χ4n) is 3.17. The SMILES string of the molecule is CCCCOc1ccc(C(=O)N2CCC(C(C)N)CC2)cc1OCC.Cl. The van der Waals surface area contributed by atoms with Gasteiger partial charge >= 0.3 is 0 Å². The van der Waals surface area contributed by atoms with Crippen molar-refractivity contribution in [3.8, 4) is 11.5 Å². The number of hydrogen-bond donors (Lipinski definition) is 1. The second-order valence-corrected chi connectivity index (χ2v) is 6.79. The van der Waals surface area contributed by atoms with Crippen molar-refractivity contribution in [2.75, 3.05) is 26.3 Å². The summed E-state index contributed by atoms with van der Waals surface area (Å²) in [5, 5.41) is 0. The number of nitrogens with zero attached hydrogens (tertiary/aromatic N) is 1. The minimum atomic E-state index is 0. The summed E-state index contributed by atoms with van der Waals surface area (Å²) >= 11 is 0. The topological polar surface area (TPSA) is 64.8 Å². The summed E-state index contributed by atoms with van der Waals surface area (Å²) in [5.74, 6) is 1.93. The van der Waals surface area contributed by atoms with Crippen molar-refractivity contribution in [3.05, 3.63) is 23.8 Å². The van der Waals surface area contributed by atoms with Gasteiger partial charge in [-0.15, -0.1) is 12.4 Å². The third-order valence-corrected chi connectivity index (χ3v) is 4.82. The van der Waals surface area contributed by atoms with Crippen molar-refractivity contribution in [1.82, 2.24) is 4.90 Å². The van der Waals surface area contributed by atoms with Gasteiger partial charge in [-0.1, -0.05) is 13.3 Å². The van der Waals surface area contributed by atoms with Gasteiger partial charge in [-0.3, -0.25) is 4.79 Å². The Balaban J connectivity index is 0.00000338. The van der Waals surface area contributed by atoms with Crippen molar-refractivity contribution in [1.29, 1.82) is 0 Å². The largest absolute Gasteiger partial charge is 0.490 e. The van der Waals surface area contributed by atoms with Crippen LogP contribution in [0.25, 0.3) is 0 Å². The number of ether oxygens (including phenoxy) is 2. The van der Waals surface area contributed by atoms with Crippen molar-refractivity contribution in [2.24, 2.45) is 11.7 Å². The molecule has 1 unspecified atom stereocenters. The molecule has 5 nitrogen and oxygen atoms in total. The molecule has 0 spiro atoms. The first-order valence-corrected chi connectivity index (χ1v) is 9.51. The van der Waals surface area contributed by atoms with Gasteiger partial charge in [0.2, 0.25) is 0 Å². The van der Waals surface area contributed by atoms with Gasteiger partial charge in [-0.25, -0.2) is 0 Å². The lowest BCUT2D eigenvalue weighted by atomic mass is 9.90. The molecule has 148 valence electrons. The van der Waals surface area contributed by atoms with E-state index in [4.69, 9.17) is 15.2 Å². The summed E-state index contributed by atoms with van der Waals surface area (Å²) in [5.41, 5.74) is 6.64. The van der Waals surface area contributed by atoms with Gasteiger partial charge in [0.1, 0.15) is 0 Å². The monoisotopic (exact) mass is 384 g/mol. The molecular formula is C20H33ClN2O3. The third kappa shape index (κ3) is 6.06. The summed E-state index contributed by atoms with van der Waals surface area (Å²) in [6, 6.07) is 5.69. The summed E-state index contributed by atoms with van der Waals surface area (Å²) in [6.07, 6.45) is 4.03. The van der Waals surface area contributed by atoms with Gasteiger partial charge in [-0.05, 0) is 57.2 Å². The van der Waals surface area contributed by atoms with E-state index in [0.717, 1.165) is 38.8 Å². The highest BCUT2D eigenvalue weighted by molar-refractivity contribution is 5.95. The zero-order chi connectivity index (χ0) is 18.2. The maximum atomic E-state index is 12.8. The normalized spacial score (nSPS) is 15.9. The van der Waals surface area contributed by atoms with Crippen molar-refractivity contribution in [3.63, 3.8) is 0 Å². The maximum Gasteiger partial charge on any atom is 0.253 e. The molecule has 1 aromatic rings. The molecule has 0 radical (unpaired) electrons. The molecule has 1 saturated heterocycles. The molecule has 2 N–H and O–H groups in total. The number of piperidine rings is 1. The zero-order valence-electron chi connectivity index (χ0n) is 16.2. The Hall–Kier alpha value is -1.46. The molecule has 1 aromatic carbocycles. The lowest BCUT2D eigenvalue weighted by Gasteiger charge is -2.33. The number of carbonyl (C=O) groups excluding carboxylic acids is 1. The van der Waals surface area contributed by atoms with Crippen molar-refractivity contribution >= 4 is 18.3 Å². The van der Waals surface area contributed by atoms with E-state index < -0.39 is 0 Å². The predicted octanol–water partition coefficient (Wildman–Crippen LogP) is 3.89. The number of halogens is 1. The predicted molar refractivity (Wildman–Crippen MR) is 108 cm³/mol. The van der Waals surface area contributed by atoms with Gasteiger partial charge in [0.05, 0.1) is 13.2 Å². The summed E-state index contributed by atoms with van der Waals surface area (Å²) in [4.78, 5) is 14.7. The first-order chi connectivity index (χ1) is 12.1. The van der Waals surface area contributed by atoms with E-state index in [-0.39, 0.29) is 24.4 Å². The fourth-order valence-corrected chi connectivity index (χ4v) is 3.17. The molecule has 1 fully saturated rings. The van der Waals surface area contributed by atoms with Crippen LogP contribution in [0.3, 0.4) is 0 Å². The molecule has 0 saturated carbocycles. The molecule has 26 heavy (non-hydrogen) atoms. The average Bonchev–Trinajstić information content (AvgIpc) is 2.62. The van der Waals surface area contributed by atoms with Crippen LogP contribution in [-0.2, 0) is 0 Å². The molecule has 0 aliphatic carbocycles. The molecular weight excluding hydrogens is 352 g/mol. The third-order valence-electron chi connectivity index (χ3n) is 4.82. The Morgan fingerprint density at radius 1 is 1.23 bits per heavy atom. The number of hydrogen-bond acceptors (Lipinski definition) is 4. The lowest BCUT2D eigenvalue weighted by Crippen LogP contribution is -2.42. The van der Waals surface area contributed by atoms with Crippen molar-refractivity contribution < 1.29 is 14.3 Å². The molecule has 1 atom stereocenters. The number of nitrogens with two attached hydrogens (primary N) is 1. The summed E-state index contributed by atoms with van der Waals surface area (Å²) in [6.45, 7) is 8.85. The molecule has 1 aliphatic heterocycles. The van der Waals surface area contributed by atoms with E-state index in [0.29, 0.717) is 36.2 Å². The van der Waals surface area contributed by atoms with Crippen LogP contribution in [0.15, 0.2) is 18.2 Å². The second kappa shape index (κ2) is 11.3. The number of unbranched alkanes of at least 4 members (excludes halogenated alkanes) is 1. The number of amides is 1. The van der Waals surface area contributed by atoms with Crippen LogP contribution in [0.1, 0.15) is 56.8 Å². The van der Waals surface area contributed by atoms with E-state index in [2.05, 4.69) is 6.92 Å². The molecule has 1 aliphatic rings. The van der Waals surface area contributed by atoms with Crippen LogP contribution >= 0.6 is 12.4 Å². The van der Waals surface area contributed by atoms with Gasteiger partial charge in [0.15, 0.2) is 11.5 Å². The van der Waals surface area contributed by atoms with Crippen LogP contribution in [0, 0.1) is 5.92 Å². The number of benzene rings is 1. The minimum absolute atomic E-state index is 0. The van der Waals surface area contributed by atoms with E-state index in [1.165, 1.54) is 0 Å². The van der Waals surface area contributed by atoms with E-state index in [1.54, 1.807) is 0 Å². The van der Waals surface area contributed by atoms with E-state index >= 15 is 0 Å². The molecule has 2 rings (SSSR count). The zero-order valence-corrected chi connectivity index (χ0v) is 17.0. The van der Waals surface area contributed by atoms with E-state index in [1.807, 2.05) is 36.9 Å². The first kappa shape index (κ1) is 22.6. The Kier molecular flexibility index (Phi) is 9.81. The van der Waals surface area contributed by atoms with E-state index in [9.17, 15) is 4.79 Å². The smallest absolute Gasteiger partial charge is 0.253 e. The quantitative estimate of drug-likeness (QED) is 0.690. The fraction of sp³-hybridized carbons (Fsp3) is 0.650. The summed E-state index contributed by atoms with van der Waals surface area (Å²) in [7, 11) is 0. The van der Waals surface area contributed by atoms with Crippen LogP contribution < -0.4 is 15.2 Å². The van der Waals surface area contributed by atoms with Gasteiger partial charge < -0.3 is 20.1 Å². The molecule has 1 amide bonds. The highest BCUT2D eigenvalue weighted by Crippen LogP contribution is 2.30. The molecule has 6 heteroatoms. The number of rotatable bonds is 8. The molecule has 0 aromatic heterocycles. The molecule has 1 heterocycles. The van der Waals surface area contributed by atoms with Crippen LogP contribution in [0.5, 0.6) is 11.5 Å². The van der Waals surface area contributed by atoms with Crippen LogP contribution in [0.2, 0.25) is 0 Å². The van der Waals surface area contributed by atoms with Gasteiger partial charge in [0.25, 0.3) is 5.91 Å². The second-order valence-electron chi connectivity index (χ2n) is 6.79. The first-order valence-electron chi connectivity index (χ1n) is 9.51. The average molecular weight is 385 g/mol. The van der Waals surface area contributed by atoms with Gasteiger partial charge in [-0.2, -0.15) is 0 Å². The Morgan fingerprint density at radius 2 is 1.92 bits per heavy atom. The number of carbonyl (C=O) groups is 1. The summed E-state index contributed by atoms with van der Waals surface area (Å²) < 4.78 is 11.5. The Bertz CT molecular complexity index is 558.